The second kappa shape index (κ2) is 4.13. The molecule has 2 aliphatic rings. The molecule has 2 aromatic rings. The van der Waals surface area contributed by atoms with Crippen LogP contribution >= 0.6 is 0 Å². The predicted octanol–water partition coefficient (Wildman–Crippen LogP) is 2.06. The van der Waals surface area contributed by atoms with E-state index >= 15 is 0 Å². The Morgan fingerprint density at radius 1 is 0.864 bits per heavy atom. The number of para-hydroxylation sites is 1. The average molecular weight is 291 g/mol. The number of benzene rings is 1. The lowest BCUT2D eigenvalue weighted by atomic mass is 10.2. The summed E-state index contributed by atoms with van der Waals surface area (Å²) < 4.78 is 1.98. The molecular weight excluding hydrogens is 278 g/mol. The molecule has 2 aliphatic carbocycles. The summed E-state index contributed by atoms with van der Waals surface area (Å²) in [5, 5.41) is 1.57. The van der Waals surface area contributed by atoms with Gasteiger partial charge in [-0.3, -0.25) is 14.4 Å². The van der Waals surface area contributed by atoms with Gasteiger partial charge in [0.25, 0.3) is 0 Å². The normalized spacial score (nSPS) is 12.1. The molecule has 0 saturated carbocycles. The van der Waals surface area contributed by atoms with Crippen LogP contribution in [0.15, 0.2) is 50.8 Å². The van der Waals surface area contributed by atoms with Crippen LogP contribution in [0.3, 0.4) is 0 Å². The summed E-state index contributed by atoms with van der Waals surface area (Å²) in [7, 11) is 0. The molecule has 0 spiro atoms. The Balaban J connectivity index is 2.57. The van der Waals surface area contributed by atoms with Crippen molar-refractivity contribution in [2.75, 3.05) is 0 Å². The fraction of sp³-hybridized carbons (Fsp3) is 0.167. The first-order chi connectivity index (χ1) is 10.5. The fourth-order valence-electron chi connectivity index (χ4n) is 3.43. The lowest BCUT2D eigenvalue weighted by Gasteiger charge is -2.10. The molecule has 4 rings (SSSR count). The molecular formula is C18H13NO3. The maximum absolute atomic E-state index is 12.8. The van der Waals surface area contributed by atoms with Crippen molar-refractivity contribution in [2.45, 2.75) is 19.9 Å². The van der Waals surface area contributed by atoms with Crippen LogP contribution in [0.25, 0.3) is 21.8 Å². The quantitative estimate of drug-likeness (QED) is 0.539. The molecule has 0 atom stereocenters. The summed E-state index contributed by atoms with van der Waals surface area (Å²) in [5.41, 5.74) is 0.529. The molecule has 0 fully saturated rings. The van der Waals surface area contributed by atoms with Gasteiger partial charge < -0.3 is 4.57 Å². The summed E-state index contributed by atoms with van der Waals surface area (Å²) in [6.45, 7) is 4.00. The van der Waals surface area contributed by atoms with E-state index in [1.165, 1.54) is 12.1 Å². The van der Waals surface area contributed by atoms with Crippen LogP contribution in [0.4, 0.5) is 0 Å². The maximum atomic E-state index is 12.8. The number of aromatic nitrogens is 1. The molecule has 1 heterocycles. The molecule has 0 aliphatic heterocycles. The van der Waals surface area contributed by atoms with E-state index in [0.717, 1.165) is 10.9 Å². The number of nitrogens with zero attached hydrogens (tertiary/aromatic N) is 1. The molecule has 0 unspecified atom stereocenters. The van der Waals surface area contributed by atoms with E-state index < -0.39 is 0 Å². The Bertz CT molecular complexity index is 1250. The lowest BCUT2D eigenvalue weighted by molar-refractivity contribution is 0.641. The molecule has 0 saturated heterocycles. The maximum Gasteiger partial charge on any atom is 0.200 e. The van der Waals surface area contributed by atoms with Crippen LogP contribution in [0, 0.1) is 10.4 Å². The van der Waals surface area contributed by atoms with Crippen LogP contribution in [-0.4, -0.2) is 4.57 Å². The molecule has 1 aromatic carbocycles. The molecule has 108 valence electrons. The van der Waals surface area contributed by atoms with Gasteiger partial charge in [0.05, 0.1) is 21.3 Å². The third-order valence-corrected chi connectivity index (χ3v) is 4.25. The van der Waals surface area contributed by atoms with Crippen LogP contribution in [0.1, 0.15) is 19.9 Å². The fourth-order valence-corrected chi connectivity index (χ4v) is 3.43. The van der Waals surface area contributed by atoms with Gasteiger partial charge in [-0.05, 0) is 32.0 Å². The van der Waals surface area contributed by atoms with Gasteiger partial charge in [-0.25, -0.2) is 0 Å². The van der Waals surface area contributed by atoms with Crippen molar-refractivity contribution in [1.82, 2.24) is 4.57 Å². The van der Waals surface area contributed by atoms with Gasteiger partial charge >= 0.3 is 0 Å². The van der Waals surface area contributed by atoms with Crippen LogP contribution in [-0.2, 0) is 0 Å². The van der Waals surface area contributed by atoms with E-state index in [0.29, 0.717) is 10.9 Å². The second-order valence-electron chi connectivity index (χ2n) is 5.85. The van der Waals surface area contributed by atoms with Crippen LogP contribution in [0.2, 0.25) is 0 Å². The molecule has 22 heavy (non-hydrogen) atoms. The van der Waals surface area contributed by atoms with Crippen molar-refractivity contribution >= 4 is 21.8 Å². The number of rotatable bonds is 1. The zero-order valence-corrected chi connectivity index (χ0v) is 12.2. The third kappa shape index (κ3) is 1.39. The molecule has 0 N–H and O–H groups in total. The molecule has 0 amide bonds. The van der Waals surface area contributed by atoms with E-state index in [-0.39, 0.29) is 32.8 Å². The molecule has 4 heteroatoms. The van der Waals surface area contributed by atoms with Gasteiger partial charge in [-0.2, -0.15) is 0 Å². The Hall–Kier alpha value is -2.75. The highest BCUT2D eigenvalue weighted by molar-refractivity contribution is 6.08. The first-order valence-electron chi connectivity index (χ1n) is 7.21. The van der Waals surface area contributed by atoms with Crippen molar-refractivity contribution in [3.63, 3.8) is 0 Å². The van der Waals surface area contributed by atoms with Crippen LogP contribution < -0.4 is 16.3 Å². The largest absolute Gasteiger partial charge is 0.337 e. The molecule has 0 radical (unpaired) electrons. The summed E-state index contributed by atoms with van der Waals surface area (Å²) in [6.07, 6.45) is 0. The summed E-state index contributed by atoms with van der Waals surface area (Å²) >= 11 is 0. The topological polar surface area (TPSA) is 56.1 Å². The minimum atomic E-state index is -0.379. The summed E-state index contributed by atoms with van der Waals surface area (Å²) in [6, 6.07) is 10.1. The summed E-state index contributed by atoms with van der Waals surface area (Å²) in [5.74, 6) is 0. The SMILES string of the molecule is CC(C)n1c2ccccc2c2c(=O)c3c(=O)ccc(=O)c=3c21. The van der Waals surface area contributed by atoms with Gasteiger partial charge in [0.2, 0.25) is 5.43 Å². The van der Waals surface area contributed by atoms with Crippen LogP contribution in [0.5, 0.6) is 0 Å². The first kappa shape index (κ1) is 13.0. The van der Waals surface area contributed by atoms with Crippen molar-refractivity contribution in [2.24, 2.45) is 0 Å². The number of hydrogen-bond acceptors (Lipinski definition) is 3. The lowest BCUT2D eigenvalue weighted by Crippen LogP contribution is -2.16. The Labute approximate surface area is 124 Å². The predicted molar refractivity (Wildman–Crippen MR) is 86.3 cm³/mol. The molecule has 0 bridgehead atoms. The Kier molecular flexibility index (Phi) is 2.43. The Morgan fingerprint density at radius 2 is 1.50 bits per heavy atom. The van der Waals surface area contributed by atoms with Crippen molar-refractivity contribution < 1.29 is 0 Å². The van der Waals surface area contributed by atoms with Gasteiger partial charge in [0, 0.05) is 16.9 Å². The highest BCUT2D eigenvalue weighted by Gasteiger charge is 2.21. The van der Waals surface area contributed by atoms with Gasteiger partial charge in [-0.1, -0.05) is 18.2 Å². The minimum Gasteiger partial charge on any atom is -0.337 e. The van der Waals surface area contributed by atoms with E-state index in [1.54, 1.807) is 0 Å². The van der Waals surface area contributed by atoms with E-state index in [4.69, 9.17) is 0 Å². The van der Waals surface area contributed by atoms with Crippen molar-refractivity contribution in [3.05, 3.63) is 77.5 Å². The highest BCUT2D eigenvalue weighted by Crippen LogP contribution is 2.30. The van der Waals surface area contributed by atoms with Gasteiger partial charge in [0.1, 0.15) is 0 Å². The Morgan fingerprint density at radius 3 is 2.18 bits per heavy atom. The van der Waals surface area contributed by atoms with Crippen molar-refractivity contribution in [3.8, 4) is 0 Å². The minimum absolute atomic E-state index is 0.0256. The van der Waals surface area contributed by atoms with Gasteiger partial charge in [-0.15, -0.1) is 0 Å². The summed E-state index contributed by atoms with van der Waals surface area (Å²) in [4.78, 5) is 37.2. The molecule has 1 aromatic heterocycles. The smallest absolute Gasteiger partial charge is 0.200 e. The monoisotopic (exact) mass is 291 g/mol. The zero-order valence-electron chi connectivity index (χ0n) is 12.2. The van der Waals surface area contributed by atoms with E-state index in [1.807, 2.05) is 42.7 Å². The third-order valence-electron chi connectivity index (χ3n) is 4.25. The number of fused-ring (bicyclic) bond motifs is 4. The second-order valence-corrected chi connectivity index (χ2v) is 5.85. The van der Waals surface area contributed by atoms with Crippen molar-refractivity contribution in [1.29, 1.82) is 0 Å². The van der Waals surface area contributed by atoms with Gasteiger partial charge in [0.15, 0.2) is 10.9 Å². The van der Waals surface area contributed by atoms with E-state index in [9.17, 15) is 14.4 Å². The van der Waals surface area contributed by atoms with E-state index in [2.05, 4.69) is 0 Å². The highest BCUT2D eigenvalue weighted by atomic mass is 16.1. The average Bonchev–Trinajstić information content (AvgIpc) is 2.97. The first-order valence-corrected chi connectivity index (χ1v) is 7.21. The standard InChI is InChI=1S/C18H13NO3/c1-9(2)19-11-6-4-3-5-10(11)14-17(19)15-12(20)7-8-13(21)16(15)18(14)22/h3-9H,1-2H3. The molecule has 4 nitrogen and oxygen atoms in total. The zero-order chi connectivity index (χ0) is 15.6. The number of hydrogen-bond donors (Lipinski definition) is 0.